The topological polar surface area (TPSA) is 152 Å². The average molecular weight is 613 g/mol. The fourth-order valence-electron chi connectivity index (χ4n) is 5.59. The van der Waals surface area contributed by atoms with Crippen LogP contribution in [-0.4, -0.2) is 66.5 Å². The third-order valence-electron chi connectivity index (χ3n) is 8.00. The molecule has 1 aromatic carbocycles. The quantitative estimate of drug-likeness (QED) is 0.209. The molecule has 1 saturated heterocycles. The number of nitrogens with one attached hydrogen (secondary N) is 4. The normalized spacial score (nSPS) is 19.8. The van der Waals surface area contributed by atoms with E-state index in [4.69, 9.17) is 9.47 Å². The minimum absolute atomic E-state index is 0.0208. The summed E-state index contributed by atoms with van der Waals surface area (Å²) in [6.07, 6.45) is 8.39. The smallest absolute Gasteiger partial charge is 0.408 e. The van der Waals surface area contributed by atoms with Gasteiger partial charge in [-0.2, -0.15) is 0 Å². The van der Waals surface area contributed by atoms with Crippen molar-refractivity contribution in [2.45, 2.75) is 115 Å². The highest BCUT2D eigenvalue weighted by Gasteiger charge is 2.34. The van der Waals surface area contributed by atoms with Crippen LogP contribution in [0.2, 0.25) is 0 Å². The van der Waals surface area contributed by atoms with Crippen LogP contribution >= 0.6 is 0 Å². The highest BCUT2D eigenvalue weighted by Crippen LogP contribution is 2.22. The molecular weight excluding hydrogens is 564 g/mol. The first-order chi connectivity index (χ1) is 21.2. The summed E-state index contributed by atoms with van der Waals surface area (Å²) in [6.45, 7) is 5.65. The molecule has 5 atom stereocenters. The Kier molecular flexibility index (Phi) is 14.3. The zero-order chi connectivity index (χ0) is 31.9. The molecule has 1 heterocycles. The third kappa shape index (κ3) is 11.7. The summed E-state index contributed by atoms with van der Waals surface area (Å²) >= 11 is 0. The lowest BCUT2D eigenvalue weighted by molar-refractivity contribution is -0.134. The average Bonchev–Trinajstić information content (AvgIpc) is 3.41. The van der Waals surface area contributed by atoms with Gasteiger partial charge in [0, 0.05) is 18.5 Å². The molecule has 2 aliphatic rings. The lowest BCUT2D eigenvalue weighted by Gasteiger charge is -2.31. The molecule has 0 spiro atoms. The zero-order valence-corrected chi connectivity index (χ0v) is 26.1. The van der Waals surface area contributed by atoms with Crippen molar-refractivity contribution in [3.63, 3.8) is 0 Å². The predicted molar refractivity (Wildman–Crippen MR) is 165 cm³/mol. The van der Waals surface area contributed by atoms with Gasteiger partial charge in [-0.3, -0.25) is 19.2 Å². The summed E-state index contributed by atoms with van der Waals surface area (Å²) in [5.74, 6) is -1.56. The molecule has 1 aliphatic carbocycles. The third-order valence-corrected chi connectivity index (χ3v) is 8.00. The second-order valence-electron chi connectivity index (χ2n) is 11.7. The Labute approximate surface area is 260 Å². The minimum Gasteiger partial charge on any atom is -0.445 e. The summed E-state index contributed by atoms with van der Waals surface area (Å²) in [5, 5.41) is 11.2. The number of carbonyl (C=O) groups is 5. The van der Waals surface area contributed by atoms with Crippen LogP contribution < -0.4 is 21.3 Å². The van der Waals surface area contributed by atoms with Gasteiger partial charge in [0.25, 0.3) is 0 Å². The largest absolute Gasteiger partial charge is 0.445 e. The van der Waals surface area contributed by atoms with Crippen molar-refractivity contribution in [1.29, 1.82) is 0 Å². The van der Waals surface area contributed by atoms with Crippen molar-refractivity contribution >= 4 is 29.6 Å². The maximum absolute atomic E-state index is 13.7. The molecule has 4 amide bonds. The zero-order valence-electron chi connectivity index (χ0n) is 26.1. The van der Waals surface area contributed by atoms with Gasteiger partial charge in [0.2, 0.25) is 17.7 Å². The molecule has 1 aromatic rings. The molecule has 11 heteroatoms. The van der Waals surface area contributed by atoms with Gasteiger partial charge >= 0.3 is 6.09 Å². The molecule has 0 bridgehead atoms. The number of allylic oxidation sites excluding steroid dienone is 1. The molecule has 44 heavy (non-hydrogen) atoms. The minimum atomic E-state index is -1.11. The Hall–Kier alpha value is -3.73. The number of alkyl carbamates (subject to hydrolysis) is 1. The molecule has 11 nitrogen and oxygen atoms in total. The Balaban J connectivity index is 1.70. The molecular formula is C33H48N4O7. The standard InChI is InChI=1S/C33H48N4O7/c1-4-11-28(31(40)35-26(17-16-22(2)38)20-25-18-19-34-30(25)39)36-32(41)29(23(3)44-27-14-9-6-10-15-27)37-33(42)43-21-24-12-7-5-8-13-24/h5,7-8,12-13,16-17,23,25-29H,4,6,9-11,14-15,18-21H2,1-3H3,(H,34,39)(H,35,40)(H,36,41)(H,37,42)/b17-16+/t23?,25-,26+,28-,29-/m0/s1. The summed E-state index contributed by atoms with van der Waals surface area (Å²) < 4.78 is 11.6. The van der Waals surface area contributed by atoms with E-state index in [1.54, 1.807) is 13.0 Å². The van der Waals surface area contributed by atoms with E-state index in [-0.39, 0.29) is 30.3 Å². The first-order valence-electron chi connectivity index (χ1n) is 15.9. The van der Waals surface area contributed by atoms with Crippen molar-refractivity contribution in [1.82, 2.24) is 21.3 Å². The van der Waals surface area contributed by atoms with E-state index in [9.17, 15) is 24.0 Å². The highest BCUT2D eigenvalue weighted by molar-refractivity contribution is 5.92. The molecule has 0 radical (unpaired) electrons. The molecule has 242 valence electrons. The predicted octanol–water partition coefficient (Wildman–Crippen LogP) is 3.46. The number of ketones is 1. The van der Waals surface area contributed by atoms with E-state index in [1.165, 1.54) is 13.0 Å². The summed E-state index contributed by atoms with van der Waals surface area (Å²) in [4.78, 5) is 63.8. The maximum atomic E-state index is 13.7. The summed E-state index contributed by atoms with van der Waals surface area (Å²) in [5.41, 5.74) is 0.804. The van der Waals surface area contributed by atoms with E-state index in [2.05, 4.69) is 21.3 Å². The molecule has 1 aliphatic heterocycles. The number of benzene rings is 1. The fourth-order valence-corrected chi connectivity index (χ4v) is 5.59. The maximum Gasteiger partial charge on any atom is 0.408 e. The lowest BCUT2D eigenvalue weighted by Crippen LogP contribution is -2.58. The van der Waals surface area contributed by atoms with Crippen LogP contribution in [0.4, 0.5) is 4.79 Å². The van der Waals surface area contributed by atoms with Crippen LogP contribution in [0, 0.1) is 5.92 Å². The Morgan fingerprint density at radius 3 is 2.36 bits per heavy atom. The number of ether oxygens (including phenoxy) is 2. The molecule has 2 fully saturated rings. The van der Waals surface area contributed by atoms with Gasteiger partial charge in [-0.15, -0.1) is 0 Å². The van der Waals surface area contributed by atoms with Gasteiger partial charge in [-0.05, 0) is 57.6 Å². The van der Waals surface area contributed by atoms with Gasteiger partial charge in [0.05, 0.1) is 12.2 Å². The van der Waals surface area contributed by atoms with Gasteiger partial charge in [0.15, 0.2) is 5.78 Å². The molecule has 4 N–H and O–H groups in total. The Morgan fingerprint density at radius 2 is 1.73 bits per heavy atom. The van der Waals surface area contributed by atoms with E-state index >= 15 is 0 Å². The van der Waals surface area contributed by atoms with Crippen LogP contribution in [0.3, 0.4) is 0 Å². The van der Waals surface area contributed by atoms with Gasteiger partial charge < -0.3 is 30.7 Å². The molecule has 1 saturated carbocycles. The number of hydrogen-bond acceptors (Lipinski definition) is 7. The Bertz CT molecular complexity index is 1140. The van der Waals surface area contributed by atoms with E-state index in [0.29, 0.717) is 32.2 Å². The number of rotatable bonds is 16. The molecule has 3 rings (SSSR count). The van der Waals surface area contributed by atoms with E-state index < -0.39 is 42.1 Å². The number of amides is 4. The highest BCUT2D eigenvalue weighted by atomic mass is 16.5. The van der Waals surface area contributed by atoms with Gasteiger partial charge in [0.1, 0.15) is 18.7 Å². The van der Waals surface area contributed by atoms with Crippen LogP contribution in [0.5, 0.6) is 0 Å². The first-order valence-corrected chi connectivity index (χ1v) is 15.9. The van der Waals surface area contributed by atoms with E-state index in [0.717, 1.165) is 37.7 Å². The summed E-state index contributed by atoms with van der Waals surface area (Å²) in [7, 11) is 0. The Morgan fingerprint density at radius 1 is 1.00 bits per heavy atom. The second kappa shape index (κ2) is 18.2. The monoisotopic (exact) mass is 612 g/mol. The van der Waals surface area contributed by atoms with Crippen LogP contribution in [0.25, 0.3) is 0 Å². The van der Waals surface area contributed by atoms with Crippen molar-refractivity contribution in [2.24, 2.45) is 5.92 Å². The van der Waals surface area contributed by atoms with Crippen LogP contribution in [0.1, 0.15) is 84.1 Å². The fraction of sp³-hybridized carbons (Fsp3) is 0.606. The number of carbonyl (C=O) groups excluding carboxylic acids is 5. The van der Waals surface area contributed by atoms with Crippen LogP contribution in [-0.2, 0) is 35.3 Å². The summed E-state index contributed by atoms with van der Waals surface area (Å²) in [6, 6.07) is 6.62. The van der Waals surface area contributed by atoms with E-state index in [1.807, 2.05) is 37.3 Å². The lowest BCUT2D eigenvalue weighted by atomic mass is 9.97. The van der Waals surface area contributed by atoms with Gasteiger partial charge in [-0.1, -0.05) is 69.0 Å². The molecule has 1 unspecified atom stereocenters. The van der Waals surface area contributed by atoms with Crippen molar-refractivity contribution < 1.29 is 33.4 Å². The molecule has 0 aromatic heterocycles. The van der Waals surface area contributed by atoms with Crippen LogP contribution in [0.15, 0.2) is 42.5 Å². The van der Waals surface area contributed by atoms with Crippen molar-refractivity contribution in [2.75, 3.05) is 6.54 Å². The van der Waals surface area contributed by atoms with Crippen molar-refractivity contribution in [3.05, 3.63) is 48.0 Å². The number of hydrogen-bond donors (Lipinski definition) is 4. The first kappa shape index (κ1) is 34.8. The van der Waals surface area contributed by atoms with Gasteiger partial charge in [-0.25, -0.2) is 4.79 Å². The second-order valence-corrected chi connectivity index (χ2v) is 11.7. The SMILES string of the molecule is CCC[C@H](NC(=O)[C@@H](NC(=O)OCc1ccccc1)C(C)OC1CCCCC1)C(=O)N[C@H](/C=C/C(C)=O)C[C@@H]1CCNC1=O. The van der Waals surface area contributed by atoms with Crippen molar-refractivity contribution in [3.8, 4) is 0 Å².